The van der Waals surface area contributed by atoms with E-state index in [2.05, 4.69) is 0 Å². The SMILES string of the molecule is O=C(O)CS(c1ccccc1)(c1ccccc1)c1ccccc1.[H-].[H-].[Mg+2]. The van der Waals surface area contributed by atoms with Crippen LogP contribution in [0, 0.1) is 0 Å². The van der Waals surface area contributed by atoms with E-state index in [1.807, 2.05) is 91.0 Å². The Hall–Kier alpha value is -1.75. The second-order valence-corrected chi connectivity index (χ2v) is 8.40. The van der Waals surface area contributed by atoms with Crippen molar-refractivity contribution in [3.05, 3.63) is 91.0 Å². The minimum atomic E-state index is -1.83. The quantitative estimate of drug-likeness (QED) is 0.666. The zero-order valence-electron chi connectivity index (χ0n) is 15.3. The van der Waals surface area contributed by atoms with E-state index in [1.54, 1.807) is 0 Å². The number of carbonyl (C=O) groups is 1. The summed E-state index contributed by atoms with van der Waals surface area (Å²) < 4.78 is 0. The van der Waals surface area contributed by atoms with E-state index >= 15 is 0 Å². The fraction of sp³-hybridized carbons (Fsp3) is 0.0500. The number of carboxylic acids is 1. The second kappa shape index (κ2) is 8.38. The predicted octanol–water partition coefficient (Wildman–Crippen LogP) is 4.90. The zero-order valence-corrected chi connectivity index (χ0v) is 15.6. The molecule has 0 aromatic heterocycles. The summed E-state index contributed by atoms with van der Waals surface area (Å²) >= 11 is 0. The van der Waals surface area contributed by atoms with E-state index in [9.17, 15) is 9.90 Å². The molecule has 0 spiro atoms. The average molecular weight is 349 g/mol. The van der Waals surface area contributed by atoms with E-state index < -0.39 is 16.0 Å². The second-order valence-electron chi connectivity index (χ2n) is 5.22. The van der Waals surface area contributed by atoms with Gasteiger partial charge in [0.2, 0.25) is 0 Å². The Labute approximate surface area is 163 Å². The van der Waals surface area contributed by atoms with Gasteiger partial charge in [0.15, 0.2) is 0 Å². The summed E-state index contributed by atoms with van der Waals surface area (Å²) in [5, 5.41) is 9.65. The zero-order chi connectivity index (χ0) is 16.1. The van der Waals surface area contributed by atoms with Gasteiger partial charge < -0.3 is 7.96 Å². The molecule has 24 heavy (non-hydrogen) atoms. The number of benzene rings is 3. The molecule has 3 rings (SSSR count). The summed E-state index contributed by atoms with van der Waals surface area (Å²) in [5.41, 5.74) is 0. The Bertz CT molecular complexity index is 690. The van der Waals surface area contributed by atoms with Gasteiger partial charge in [0.05, 0.1) is 5.75 Å². The number of hydrogen-bond donors (Lipinski definition) is 1. The summed E-state index contributed by atoms with van der Waals surface area (Å²) in [6.45, 7) is 0. The predicted molar refractivity (Wildman–Crippen MR) is 102 cm³/mol. The molecule has 3 aromatic carbocycles. The van der Waals surface area contributed by atoms with Crippen molar-refractivity contribution in [2.45, 2.75) is 14.7 Å². The fourth-order valence-corrected chi connectivity index (χ4v) is 6.35. The molecule has 0 saturated carbocycles. The standard InChI is InChI=1S/C20H18O2S.Mg.2H/c21-20(22)16-23(17-10-4-1-5-11-17,18-12-6-2-7-13-18)19-14-8-3-9-15-19;;;/h1-15H,16H2,(H,21,22);;;/q;+2;2*-1. The van der Waals surface area contributed by atoms with Crippen molar-refractivity contribution < 1.29 is 12.8 Å². The molecule has 0 radical (unpaired) electrons. The van der Waals surface area contributed by atoms with Crippen LogP contribution in [0.1, 0.15) is 2.85 Å². The molecular formula is C20H20MgO2S. The van der Waals surface area contributed by atoms with Crippen molar-refractivity contribution in [3.8, 4) is 0 Å². The maximum atomic E-state index is 11.8. The van der Waals surface area contributed by atoms with Gasteiger partial charge in [-0.15, -0.1) is 10.0 Å². The first kappa shape index (κ1) is 18.6. The van der Waals surface area contributed by atoms with Crippen LogP contribution in [0.15, 0.2) is 106 Å². The van der Waals surface area contributed by atoms with E-state index in [-0.39, 0.29) is 31.7 Å². The first-order valence-electron chi connectivity index (χ1n) is 7.41. The topological polar surface area (TPSA) is 37.3 Å². The summed E-state index contributed by atoms with van der Waals surface area (Å²) in [4.78, 5) is 15.0. The number of aliphatic carboxylic acids is 1. The van der Waals surface area contributed by atoms with Gasteiger partial charge >= 0.3 is 29.0 Å². The van der Waals surface area contributed by atoms with Gasteiger partial charge in [0, 0.05) is 0 Å². The van der Waals surface area contributed by atoms with Crippen LogP contribution in [0.2, 0.25) is 0 Å². The minimum Gasteiger partial charge on any atom is -1.00 e. The Morgan fingerprint density at radius 3 is 1.25 bits per heavy atom. The molecule has 0 bridgehead atoms. The normalized spacial score (nSPS) is 11.3. The van der Waals surface area contributed by atoms with Crippen LogP contribution in [-0.4, -0.2) is 39.9 Å². The van der Waals surface area contributed by atoms with E-state index in [0.717, 1.165) is 14.7 Å². The van der Waals surface area contributed by atoms with Crippen molar-refractivity contribution in [2.24, 2.45) is 0 Å². The molecule has 0 aliphatic rings. The molecule has 0 atom stereocenters. The third kappa shape index (κ3) is 3.66. The van der Waals surface area contributed by atoms with Crippen molar-refractivity contribution in [2.75, 3.05) is 5.75 Å². The van der Waals surface area contributed by atoms with E-state index in [1.165, 1.54) is 0 Å². The monoisotopic (exact) mass is 348 g/mol. The Kier molecular flexibility index (Phi) is 6.49. The van der Waals surface area contributed by atoms with E-state index in [0.29, 0.717) is 0 Å². The molecule has 3 aromatic rings. The molecule has 0 saturated heterocycles. The van der Waals surface area contributed by atoms with Crippen LogP contribution in [0.5, 0.6) is 0 Å². The smallest absolute Gasteiger partial charge is 1.00 e. The fourth-order valence-electron chi connectivity index (χ4n) is 2.80. The number of hydrogen-bond acceptors (Lipinski definition) is 1. The minimum absolute atomic E-state index is 0. The van der Waals surface area contributed by atoms with Gasteiger partial charge in [-0.2, -0.15) is 0 Å². The largest absolute Gasteiger partial charge is 2.00 e. The molecular weight excluding hydrogens is 329 g/mol. The maximum absolute atomic E-state index is 11.8. The van der Waals surface area contributed by atoms with Gasteiger partial charge in [-0.3, -0.25) is 4.79 Å². The molecule has 0 aliphatic heterocycles. The number of carboxylic acid groups (broad SMARTS) is 1. The average Bonchev–Trinajstić information content (AvgIpc) is 2.62. The van der Waals surface area contributed by atoms with E-state index in [4.69, 9.17) is 0 Å². The first-order chi connectivity index (χ1) is 11.2. The van der Waals surface area contributed by atoms with Crippen LogP contribution in [0.3, 0.4) is 0 Å². The summed E-state index contributed by atoms with van der Waals surface area (Å²) in [6.07, 6.45) is 0. The van der Waals surface area contributed by atoms with Gasteiger partial charge in [-0.05, 0) is 51.1 Å². The van der Waals surface area contributed by atoms with Crippen molar-refractivity contribution in [1.82, 2.24) is 0 Å². The van der Waals surface area contributed by atoms with Crippen molar-refractivity contribution in [1.29, 1.82) is 0 Å². The summed E-state index contributed by atoms with van der Waals surface area (Å²) in [6, 6.07) is 30.0. The number of rotatable bonds is 5. The van der Waals surface area contributed by atoms with Crippen LogP contribution in [0.25, 0.3) is 0 Å². The molecule has 4 heteroatoms. The third-order valence-electron chi connectivity index (χ3n) is 3.78. The first-order valence-corrected chi connectivity index (χ1v) is 9.22. The van der Waals surface area contributed by atoms with Crippen LogP contribution < -0.4 is 0 Å². The Morgan fingerprint density at radius 2 is 1.00 bits per heavy atom. The molecule has 1 N–H and O–H groups in total. The summed E-state index contributed by atoms with van der Waals surface area (Å²) in [7, 11) is -1.83. The molecule has 0 unspecified atom stereocenters. The van der Waals surface area contributed by atoms with Crippen LogP contribution in [0.4, 0.5) is 0 Å². The molecule has 0 amide bonds. The van der Waals surface area contributed by atoms with Gasteiger partial charge in [-0.25, -0.2) is 0 Å². The molecule has 0 fully saturated rings. The third-order valence-corrected chi connectivity index (χ3v) is 7.69. The van der Waals surface area contributed by atoms with Crippen molar-refractivity contribution in [3.63, 3.8) is 0 Å². The Morgan fingerprint density at radius 1 is 0.708 bits per heavy atom. The van der Waals surface area contributed by atoms with Gasteiger partial charge in [0.25, 0.3) is 0 Å². The van der Waals surface area contributed by atoms with Crippen molar-refractivity contribution >= 4 is 39.1 Å². The summed E-state index contributed by atoms with van der Waals surface area (Å²) in [5.74, 6) is -0.693. The Balaban J connectivity index is 0.00000208. The molecule has 0 aliphatic carbocycles. The molecule has 2 nitrogen and oxygen atoms in total. The molecule has 120 valence electrons. The van der Waals surface area contributed by atoms with Crippen LogP contribution in [-0.2, 0) is 4.79 Å². The van der Waals surface area contributed by atoms with Crippen LogP contribution >= 0.6 is 10.0 Å². The van der Waals surface area contributed by atoms with Gasteiger partial charge in [0.1, 0.15) is 0 Å². The maximum Gasteiger partial charge on any atom is 2.00 e. The molecule has 0 heterocycles. The van der Waals surface area contributed by atoms with Gasteiger partial charge in [-0.1, -0.05) is 54.6 Å².